The Balaban J connectivity index is 1.58. The normalized spacial score (nSPS) is 13.6. The SMILES string of the molecule is Cc1ccccc1Oc1cc(NC(=O)Cn2nc(C(F)(F)F)c(Br)c2C2CC2)cc([N+](=O)[O-])c1. The minimum Gasteiger partial charge on any atom is -0.457 e. The average molecular weight is 539 g/mol. The molecule has 1 aliphatic carbocycles. The zero-order valence-electron chi connectivity index (χ0n) is 17.7. The van der Waals surface area contributed by atoms with Crippen LogP contribution in [0.15, 0.2) is 46.9 Å². The Labute approximate surface area is 200 Å². The van der Waals surface area contributed by atoms with Gasteiger partial charge in [-0.15, -0.1) is 0 Å². The van der Waals surface area contributed by atoms with E-state index in [0.717, 1.165) is 16.3 Å². The number of aromatic nitrogens is 2. The van der Waals surface area contributed by atoms with E-state index in [9.17, 15) is 28.1 Å². The summed E-state index contributed by atoms with van der Waals surface area (Å²) in [5, 5.41) is 17.5. The number of alkyl halides is 3. The third kappa shape index (κ3) is 5.22. The van der Waals surface area contributed by atoms with Crippen LogP contribution in [0.1, 0.15) is 35.7 Å². The lowest BCUT2D eigenvalue weighted by molar-refractivity contribution is -0.384. The van der Waals surface area contributed by atoms with Gasteiger partial charge >= 0.3 is 6.18 Å². The van der Waals surface area contributed by atoms with Gasteiger partial charge in [0.15, 0.2) is 5.69 Å². The summed E-state index contributed by atoms with van der Waals surface area (Å²) in [7, 11) is 0. The quantitative estimate of drug-likeness (QED) is 0.285. The van der Waals surface area contributed by atoms with Crippen molar-refractivity contribution in [1.29, 1.82) is 0 Å². The van der Waals surface area contributed by atoms with Gasteiger partial charge in [0.2, 0.25) is 5.91 Å². The second-order valence-corrected chi connectivity index (χ2v) is 8.66. The Hall–Kier alpha value is -3.41. The third-order valence-electron chi connectivity index (χ3n) is 5.16. The molecule has 1 saturated carbocycles. The summed E-state index contributed by atoms with van der Waals surface area (Å²) in [6.07, 6.45) is -3.27. The summed E-state index contributed by atoms with van der Waals surface area (Å²) < 4.78 is 46.5. The topological polar surface area (TPSA) is 99.3 Å². The van der Waals surface area contributed by atoms with E-state index < -0.39 is 29.2 Å². The van der Waals surface area contributed by atoms with Crippen LogP contribution >= 0.6 is 15.9 Å². The Kier molecular flexibility index (Phi) is 6.34. The van der Waals surface area contributed by atoms with Crippen molar-refractivity contribution in [2.45, 2.75) is 38.4 Å². The number of nitro benzene ring substituents is 1. The number of aryl methyl sites for hydroxylation is 1. The van der Waals surface area contributed by atoms with Crippen LogP contribution < -0.4 is 10.1 Å². The van der Waals surface area contributed by atoms with Gasteiger partial charge in [-0.2, -0.15) is 18.3 Å². The molecule has 12 heteroatoms. The molecule has 8 nitrogen and oxygen atoms in total. The second-order valence-electron chi connectivity index (χ2n) is 7.87. The maximum atomic E-state index is 13.3. The molecule has 1 aromatic heterocycles. The van der Waals surface area contributed by atoms with Crippen molar-refractivity contribution in [1.82, 2.24) is 9.78 Å². The Morgan fingerprint density at radius 3 is 2.62 bits per heavy atom. The fourth-order valence-electron chi connectivity index (χ4n) is 3.46. The lowest BCUT2D eigenvalue weighted by Crippen LogP contribution is -2.21. The summed E-state index contributed by atoms with van der Waals surface area (Å²) in [6.45, 7) is 1.32. The van der Waals surface area contributed by atoms with Crippen molar-refractivity contribution in [2.75, 3.05) is 5.32 Å². The van der Waals surface area contributed by atoms with Crippen molar-refractivity contribution in [3.63, 3.8) is 0 Å². The first-order valence-electron chi connectivity index (χ1n) is 10.2. The van der Waals surface area contributed by atoms with Crippen molar-refractivity contribution in [3.8, 4) is 11.5 Å². The van der Waals surface area contributed by atoms with Gasteiger partial charge in [-0.05, 0) is 47.3 Å². The number of anilines is 1. The van der Waals surface area contributed by atoms with Gasteiger partial charge in [-0.25, -0.2) is 0 Å². The monoisotopic (exact) mass is 538 g/mol. The van der Waals surface area contributed by atoms with Gasteiger partial charge in [0.05, 0.1) is 26.8 Å². The molecule has 1 N–H and O–H groups in total. The highest BCUT2D eigenvalue weighted by Crippen LogP contribution is 2.47. The van der Waals surface area contributed by atoms with Crippen molar-refractivity contribution >= 4 is 33.2 Å². The Morgan fingerprint density at radius 2 is 2.00 bits per heavy atom. The number of carbonyl (C=O) groups excluding carboxylic acids is 1. The van der Waals surface area contributed by atoms with Gasteiger partial charge in [0.1, 0.15) is 18.0 Å². The molecular formula is C22H18BrF3N4O4. The first kappa shape index (κ1) is 23.7. The lowest BCUT2D eigenvalue weighted by Gasteiger charge is -2.12. The summed E-state index contributed by atoms with van der Waals surface area (Å²) >= 11 is 2.98. The number of hydrogen-bond acceptors (Lipinski definition) is 5. The van der Waals surface area contributed by atoms with E-state index in [1.807, 2.05) is 19.1 Å². The third-order valence-corrected chi connectivity index (χ3v) is 5.95. The van der Waals surface area contributed by atoms with E-state index in [1.165, 1.54) is 12.1 Å². The van der Waals surface area contributed by atoms with Crippen LogP contribution in [-0.4, -0.2) is 20.6 Å². The molecule has 0 unspecified atom stereocenters. The van der Waals surface area contributed by atoms with E-state index >= 15 is 0 Å². The molecule has 0 spiro atoms. The molecule has 4 rings (SSSR count). The molecule has 178 valence electrons. The molecule has 0 atom stereocenters. The van der Waals surface area contributed by atoms with Crippen LogP contribution in [0.5, 0.6) is 11.5 Å². The molecule has 2 aromatic carbocycles. The molecular weight excluding hydrogens is 521 g/mol. The van der Waals surface area contributed by atoms with Crippen LogP contribution in [-0.2, 0) is 17.5 Å². The fraction of sp³-hybridized carbons (Fsp3) is 0.273. The van der Waals surface area contributed by atoms with Gasteiger partial charge < -0.3 is 10.1 Å². The molecule has 34 heavy (non-hydrogen) atoms. The number of nitrogens with zero attached hydrogens (tertiary/aromatic N) is 3. The highest BCUT2D eigenvalue weighted by Gasteiger charge is 2.42. The van der Waals surface area contributed by atoms with Gasteiger partial charge in [-0.1, -0.05) is 18.2 Å². The molecule has 1 aliphatic rings. The Bertz CT molecular complexity index is 1270. The number of nitrogens with one attached hydrogen (secondary N) is 1. The van der Waals surface area contributed by atoms with E-state index in [1.54, 1.807) is 12.1 Å². The molecule has 1 amide bonds. The molecule has 0 aliphatic heterocycles. The highest BCUT2D eigenvalue weighted by atomic mass is 79.9. The van der Waals surface area contributed by atoms with Gasteiger partial charge in [0.25, 0.3) is 5.69 Å². The van der Waals surface area contributed by atoms with Crippen molar-refractivity contribution < 1.29 is 27.6 Å². The maximum absolute atomic E-state index is 13.3. The minimum absolute atomic E-state index is 0.0676. The zero-order valence-corrected chi connectivity index (χ0v) is 19.3. The van der Waals surface area contributed by atoms with E-state index in [2.05, 4.69) is 26.3 Å². The smallest absolute Gasteiger partial charge is 0.436 e. The lowest BCUT2D eigenvalue weighted by atomic mass is 10.2. The fourth-order valence-corrected chi connectivity index (χ4v) is 4.29. The minimum atomic E-state index is -4.67. The first-order valence-corrected chi connectivity index (χ1v) is 11.0. The number of nitro groups is 1. The van der Waals surface area contributed by atoms with Crippen LogP contribution in [0.3, 0.4) is 0 Å². The zero-order chi connectivity index (χ0) is 24.6. The molecule has 0 radical (unpaired) electrons. The van der Waals surface area contributed by atoms with Gasteiger partial charge in [-0.3, -0.25) is 19.6 Å². The number of hydrogen-bond donors (Lipinski definition) is 1. The Morgan fingerprint density at radius 1 is 1.29 bits per heavy atom. The number of halogens is 4. The summed E-state index contributed by atoms with van der Waals surface area (Å²) in [6, 6.07) is 10.8. The number of non-ortho nitro benzene ring substituents is 1. The van der Waals surface area contributed by atoms with E-state index in [-0.39, 0.29) is 27.5 Å². The number of amides is 1. The van der Waals surface area contributed by atoms with E-state index in [0.29, 0.717) is 24.3 Å². The number of benzene rings is 2. The van der Waals surface area contributed by atoms with Crippen LogP contribution in [0, 0.1) is 17.0 Å². The number of rotatable bonds is 7. The van der Waals surface area contributed by atoms with E-state index in [4.69, 9.17) is 4.74 Å². The predicted molar refractivity (Wildman–Crippen MR) is 120 cm³/mol. The second kappa shape index (κ2) is 9.09. The molecule has 1 heterocycles. The maximum Gasteiger partial charge on any atom is 0.436 e. The largest absolute Gasteiger partial charge is 0.457 e. The average Bonchev–Trinajstić information content (AvgIpc) is 3.52. The van der Waals surface area contributed by atoms with Crippen molar-refractivity contribution in [3.05, 3.63) is 74.0 Å². The van der Waals surface area contributed by atoms with Gasteiger partial charge in [0, 0.05) is 18.1 Å². The molecule has 3 aromatic rings. The summed E-state index contributed by atoms with van der Waals surface area (Å²) in [5.74, 6) is -0.195. The van der Waals surface area contributed by atoms with Crippen LogP contribution in [0.25, 0.3) is 0 Å². The molecule has 0 saturated heterocycles. The predicted octanol–water partition coefficient (Wildman–Crippen LogP) is 6.19. The summed E-state index contributed by atoms with van der Waals surface area (Å²) in [5.41, 5.74) is -0.229. The standard InChI is InChI=1S/C22H18BrF3N4O4/c1-12-4-2-3-5-17(12)34-16-9-14(8-15(10-16)30(32)33)27-18(31)11-29-20(13-6-7-13)19(23)21(28-29)22(24,25)26/h2-5,8-10,13H,6-7,11H2,1H3,(H,27,31). The molecule has 0 bridgehead atoms. The highest BCUT2D eigenvalue weighted by molar-refractivity contribution is 9.10. The summed E-state index contributed by atoms with van der Waals surface area (Å²) in [4.78, 5) is 23.4. The molecule has 1 fully saturated rings. The van der Waals surface area contributed by atoms with Crippen molar-refractivity contribution in [2.24, 2.45) is 0 Å². The van der Waals surface area contributed by atoms with Crippen LogP contribution in [0.4, 0.5) is 24.5 Å². The first-order chi connectivity index (χ1) is 16.0. The van der Waals surface area contributed by atoms with Crippen LogP contribution in [0.2, 0.25) is 0 Å². The number of para-hydroxylation sites is 1. The number of ether oxygens (including phenoxy) is 1. The number of carbonyl (C=O) groups is 1.